The van der Waals surface area contributed by atoms with Crippen molar-refractivity contribution >= 4 is 23.4 Å². The fourth-order valence-corrected chi connectivity index (χ4v) is 1.57. The monoisotopic (exact) mass is 276 g/mol. The van der Waals surface area contributed by atoms with Gasteiger partial charge in [0.05, 0.1) is 5.71 Å². The van der Waals surface area contributed by atoms with Crippen LogP contribution in [-0.2, 0) is 0 Å². The maximum absolute atomic E-state index is 11.2. The van der Waals surface area contributed by atoms with Crippen LogP contribution in [0.4, 0.5) is 10.5 Å². The molecule has 0 saturated heterocycles. The first kappa shape index (κ1) is 15.5. The molecule has 0 fully saturated rings. The van der Waals surface area contributed by atoms with Crippen molar-refractivity contribution in [3.8, 4) is 0 Å². The minimum absolute atomic E-state index is 0.198. The normalized spacial score (nSPS) is 10.8. The number of nitrogens with two attached hydrogens (primary N) is 1. The highest BCUT2D eigenvalue weighted by Crippen LogP contribution is 2.12. The van der Waals surface area contributed by atoms with E-state index in [9.17, 15) is 4.79 Å². The van der Waals surface area contributed by atoms with E-state index in [1.54, 1.807) is 19.2 Å². The number of nitrogens with zero attached hydrogens (tertiary/aromatic N) is 1. The number of carbonyl (C=O) groups is 1. The van der Waals surface area contributed by atoms with Gasteiger partial charge in [0.1, 0.15) is 0 Å². The Bertz CT molecular complexity index is 494. The van der Waals surface area contributed by atoms with Gasteiger partial charge in [-0.3, -0.25) is 5.41 Å². The van der Waals surface area contributed by atoms with Gasteiger partial charge in [0.2, 0.25) is 5.96 Å². The Balaban J connectivity index is 2.84. The predicted octanol–water partition coefficient (Wildman–Crippen LogP) is 1.43. The average molecular weight is 276 g/mol. The molecule has 0 atom stereocenters. The van der Waals surface area contributed by atoms with Crippen molar-refractivity contribution in [3.05, 3.63) is 29.8 Å². The van der Waals surface area contributed by atoms with E-state index in [-0.39, 0.29) is 12.0 Å². The highest BCUT2D eigenvalue weighted by molar-refractivity contribution is 6.01. The SMILES string of the molecule is CCC/C(=N\NC(=N)N)c1ccc(NC(=O)NC)cc1. The smallest absolute Gasteiger partial charge is 0.318 e. The molecule has 0 aliphatic rings. The Morgan fingerprint density at radius 2 is 2.00 bits per heavy atom. The third-order valence-corrected chi connectivity index (χ3v) is 2.50. The van der Waals surface area contributed by atoms with E-state index in [1.807, 2.05) is 19.1 Å². The van der Waals surface area contributed by atoms with Gasteiger partial charge in [-0.2, -0.15) is 5.10 Å². The van der Waals surface area contributed by atoms with Crippen LogP contribution >= 0.6 is 0 Å². The molecule has 7 nitrogen and oxygen atoms in total. The lowest BCUT2D eigenvalue weighted by molar-refractivity contribution is 0.254. The van der Waals surface area contributed by atoms with E-state index in [0.29, 0.717) is 5.69 Å². The van der Waals surface area contributed by atoms with Crippen LogP contribution in [0.2, 0.25) is 0 Å². The van der Waals surface area contributed by atoms with E-state index >= 15 is 0 Å². The summed E-state index contributed by atoms with van der Waals surface area (Å²) in [5.41, 5.74) is 10.1. The van der Waals surface area contributed by atoms with Crippen LogP contribution < -0.4 is 21.8 Å². The first-order valence-electron chi connectivity index (χ1n) is 6.32. The van der Waals surface area contributed by atoms with E-state index in [0.717, 1.165) is 24.1 Å². The van der Waals surface area contributed by atoms with Crippen molar-refractivity contribution in [1.82, 2.24) is 10.7 Å². The topological polar surface area (TPSA) is 115 Å². The lowest BCUT2D eigenvalue weighted by atomic mass is 10.1. The Morgan fingerprint density at radius 1 is 1.35 bits per heavy atom. The van der Waals surface area contributed by atoms with Crippen molar-refractivity contribution in [1.29, 1.82) is 5.41 Å². The van der Waals surface area contributed by atoms with Crippen LogP contribution in [0, 0.1) is 5.41 Å². The molecule has 1 rings (SSSR count). The lowest BCUT2D eigenvalue weighted by Crippen LogP contribution is -2.27. The fraction of sp³-hybridized carbons (Fsp3) is 0.308. The zero-order valence-electron chi connectivity index (χ0n) is 11.7. The summed E-state index contributed by atoms with van der Waals surface area (Å²) in [6, 6.07) is 7.05. The molecule has 0 unspecified atom stereocenters. The van der Waals surface area contributed by atoms with Crippen molar-refractivity contribution in [2.75, 3.05) is 12.4 Å². The number of rotatable bonds is 5. The molecule has 6 N–H and O–H groups in total. The minimum atomic E-state index is -0.265. The third-order valence-electron chi connectivity index (χ3n) is 2.50. The Hall–Kier alpha value is -2.57. The summed E-state index contributed by atoms with van der Waals surface area (Å²) in [6.07, 6.45) is 1.69. The van der Waals surface area contributed by atoms with Gasteiger partial charge >= 0.3 is 6.03 Å². The Kier molecular flexibility index (Phi) is 6.02. The molecule has 108 valence electrons. The number of anilines is 1. The zero-order valence-corrected chi connectivity index (χ0v) is 11.7. The largest absolute Gasteiger partial charge is 0.369 e. The van der Waals surface area contributed by atoms with Crippen LogP contribution in [-0.4, -0.2) is 24.8 Å². The summed E-state index contributed by atoms with van der Waals surface area (Å²) in [5.74, 6) is -0.198. The standard InChI is InChI=1S/C13H20N6O/c1-3-4-11(18-19-12(14)15)9-5-7-10(8-6-9)17-13(20)16-2/h5-8H,3-4H2,1-2H3,(H4,14,15,19)(H2,16,17,20)/b18-11+. The molecule has 0 radical (unpaired) electrons. The fourth-order valence-electron chi connectivity index (χ4n) is 1.57. The van der Waals surface area contributed by atoms with Crippen molar-refractivity contribution in [2.24, 2.45) is 10.8 Å². The summed E-state index contributed by atoms with van der Waals surface area (Å²) in [6.45, 7) is 2.05. The molecule has 0 saturated carbocycles. The van der Waals surface area contributed by atoms with Gasteiger partial charge in [-0.15, -0.1) is 0 Å². The van der Waals surface area contributed by atoms with Crippen LogP contribution in [0.15, 0.2) is 29.4 Å². The summed E-state index contributed by atoms with van der Waals surface area (Å²) in [4.78, 5) is 11.2. The molecule has 0 aliphatic carbocycles. The maximum Gasteiger partial charge on any atom is 0.318 e. The summed E-state index contributed by atoms with van der Waals surface area (Å²) in [5, 5.41) is 16.4. The summed E-state index contributed by atoms with van der Waals surface area (Å²) in [7, 11) is 1.56. The highest BCUT2D eigenvalue weighted by Gasteiger charge is 2.04. The van der Waals surface area contributed by atoms with E-state index in [4.69, 9.17) is 11.1 Å². The number of nitrogens with one attached hydrogen (secondary N) is 4. The van der Waals surface area contributed by atoms with Crippen LogP contribution in [0.25, 0.3) is 0 Å². The predicted molar refractivity (Wildman–Crippen MR) is 81.0 cm³/mol. The van der Waals surface area contributed by atoms with Crippen LogP contribution in [0.1, 0.15) is 25.3 Å². The summed E-state index contributed by atoms with van der Waals surface area (Å²) >= 11 is 0. The third kappa shape index (κ3) is 4.97. The molecule has 1 aromatic rings. The molecule has 0 heterocycles. The summed E-state index contributed by atoms with van der Waals surface area (Å²) < 4.78 is 0. The number of carbonyl (C=O) groups excluding carboxylic acids is 1. The molecule has 0 aliphatic heterocycles. The lowest BCUT2D eigenvalue weighted by Gasteiger charge is -2.08. The molecule has 0 spiro atoms. The second-order valence-electron chi connectivity index (χ2n) is 4.12. The van der Waals surface area contributed by atoms with Gasteiger partial charge in [0.15, 0.2) is 0 Å². The number of hydrazone groups is 1. The number of guanidine groups is 1. The molecule has 20 heavy (non-hydrogen) atoms. The molecule has 7 heteroatoms. The quantitative estimate of drug-likeness (QED) is 0.318. The van der Waals surface area contributed by atoms with E-state index < -0.39 is 0 Å². The Morgan fingerprint density at radius 3 is 2.50 bits per heavy atom. The molecular weight excluding hydrogens is 256 g/mol. The Labute approximate surface area is 118 Å². The van der Waals surface area contributed by atoms with Crippen LogP contribution in [0.3, 0.4) is 0 Å². The first-order valence-corrected chi connectivity index (χ1v) is 6.32. The molecule has 0 aromatic heterocycles. The second-order valence-corrected chi connectivity index (χ2v) is 4.12. The van der Waals surface area contributed by atoms with Crippen molar-refractivity contribution < 1.29 is 4.79 Å². The van der Waals surface area contributed by atoms with Gasteiger partial charge in [-0.1, -0.05) is 25.5 Å². The molecular formula is C13H20N6O. The minimum Gasteiger partial charge on any atom is -0.369 e. The highest BCUT2D eigenvalue weighted by atomic mass is 16.2. The number of hydrogen-bond acceptors (Lipinski definition) is 3. The van der Waals surface area contributed by atoms with Crippen LogP contribution in [0.5, 0.6) is 0 Å². The van der Waals surface area contributed by atoms with Gasteiger partial charge in [-0.25, -0.2) is 10.2 Å². The zero-order chi connectivity index (χ0) is 15.0. The van der Waals surface area contributed by atoms with E-state index in [2.05, 4.69) is 21.2 Å². The maximum atomic E-state index is 11.2. The second kappa shape index (κ2) is 7.78. The van der Waals surface area contributed by atoms with Gasteiger partial charge in [0.25, 0.3) is 0 Å². The molecule has 1 aromatic carbocycles. The van der Waals surface area contributed by atoms with Crippen molar-refractivity contribution in [3.63, 3.8) is 0 Å². The number of hydrogen-bond donors (Lipinski definition) is 5. The first-order chi connectivity index (χ1) is 9.56. The number of benzene rings is 1. The average Bonchev–Trinajstić information content (AvgIpc) is 2.44. The molecule has 0 bridgehead atoms. The number of urea groups is 1. The van der Waals surface area contributed by atoms with E-state index in [1.165, 1.54) is 0 Å². The van der Waals surface area contributed by atoms with Gasteiger partial charge in [-0.05, 0) is 24.1 Å². The van der Waals surface area contributed by atoms with Gasteiger partial charge < -0.3 is 16.4 Å². The number of amides is 2. The van der Waals surface area contributed by atoms with Gasteiger partial charge in [0, 0.05) is 12.7 Å². The van der Waals surface area contributed by atoms with Crippen molar-refractivity contribution in [2.45, 2.75) is 19.8 Å². The molecule has 2 amide bonds.